The molecule has 41 heavy (non-hydrogen) atoms. The molecule has 0 bridgehead atoms. The number of nitrogens with one attached hydrogen (secondary N) is 1. The number of alkyl carbamates (subject to hydrolysis) is 1. The van der Waals surface area contributed by atoms with Crippen LogP contribution in [0.2, 0.25) is 0 Å². The fraction of sp³-hybridized carbons (Fsp3) is 0.379. The van der Waals surface area contributed by atoms with E-state index in [1.807, 2.05) is 66.0 Å². The smallest absolute Gasteiger partial charge is 0.414 e. The van der Waals surface area contributed by atoms with Gasteiger partial charge in [-0.1, -0.05) is 108 Å². The maximum atomic E-state index is 12.3. The zero-order valence-corrected chi connectivity index (χ0v) is 24.4. The van der Waals surface area contributed by atoms with Crippen LogP contribution in [-0.2, 0) is 46.4 Å². The predicted molar refractivity (Wildman–Crippen MR) is 155 cm³/mol. The van der Waals surface area contributed by atoms with Gasteiger partial charge in [0.25, 0.3) is 9.70 Å². The lowest BCUT2D eigenvalue weighted by atomic mass is 9.98. The third-order valence-electron chi connectivity index (χ3n) is 5.80. The molecule has 2 amide bonds. The number of alkyl halides is 3. The molecule has 0 aliphatic carbocycles. The van der Waals surface area contributed by atoms with Crippen LogP contribution in [0.3, 0.4) is 0 Å². The monoisotopic (exact) mass is 627 g/mol. The van der Waals surface area contributed by atoms with E-state index in [1.54, 1.807) is 12.2 Å². The SMILES string of the molecule is C=CCO[C@H]1O[C@H](COC(=O)NC(=O)C(Cl)(Cl)Cl)[C@@H](OCc2ccccc2)[C@H](OCc2ccccc2)[C@@H]1OCC=C. The second kappa shape index (κ2) is 16.8. The van der Waals surface area contributed by atoms with E-state index in [4.69, 9.17) is 63.2 Å². The van der Waals surface area contributed by atoms with Crippen molar-refractivity contribution in [3.63, 3.8) is 0 Å². The zero-order valence-electron chi connectivity index (χ0n) is 22.2. The molecule has 3 rings (SSSR count). The zero-order chi connectivity index (χ0) is 29.7. The van der Waals surface area contributed by atoms with Gasteiger partial charge >= 0.3 is 6.09 Å². The minimum absolute atomic E-state index is 0.144. The van der Waals surface area contributed by atoms with Crippen LogP contribution in [0.25, 0.3) is 0 Å². The molecule has 1 saturated heterocycles. The third-order valence-corrected chi connectivity index (χ3v) is 6.31. The lowest BCUT2D eigenvalue weighted by Crippen LogP contribution is -2.62. The minimum Gasteiger partial charge on any atom is -0.446 e. The van der Waals surface area contributed by atoms with Gasteiger partial charge in [0.1, 0.15) is 31.0 Å². The molecule has 2 aromatic rings. The van der Waals surface area contributed by atoms with E-state index in [-0.39, 0.29) is 33.0 Å². The van der Waals surface area contributed by atoms with E-state index in [9.17, 15) is 9.59 Å². The van der Waals surface area contributed by atoms with Gasteiger partial charge in [0.2, 0.25) is 0 Å². The Morgan fingerprint density at radius 1 is 0.805 bits per heavy atom. The quantitative estimate of drug-likeness (QED) is 0.223. The Morgan fingerprint density at radius 2 is 1.34 bits per heavy atom. The van der Waals surface area contributed by atoms with Crippen LogP contribution in [0, 0.1) is 0 Å². The summed E-state index contributed by atoms with van der Waals surface area (Å²) in [6.07, 6.45) is -2.16. The van der Waals surface area contributed by atoms with Crippen molar-refractivity contribution in [3.05, 3.63) is 97.1 Å². The fourth-order valence-electron chi connectivity index (χ4n) is 3.95. The summed E-state index contributed by atoms with van der Waals surface area (Å²) >= 11 is 16.6. The highest BCUT2D eigenvalue weighted by Gasteiger charge is 2.49. The largest absolute Gasteiger partial charge is 0.446 e. The first-order valence-electron chi connectivity index (χ1n) is 12.7. The number of benzene rings is 2. The summed E-state index contributed by atoms with van der Waals surface area (Å²) in [5.74, 6) is -1.16. The van der Waals surface area contributed by atoms with Crippen molar-refractivity contribution in [1.82, 2.24) is 5.32 Å². The van der Waals surface area contributed by atoms with E-state index >= 15 is 0 Å². The molecular weight excluding hydrogens is 597 g/mol. The van der Waals surface area contributed by atoms with Crippen molar-refractivity contribution in [2.75, 3.05) is 19.8 Å². The van der Waals surface area contributed by atoms with Gasteiger partial charge in [-0.2, -0.15) is 0 Å². The van der Waals surface area contributed by atoms with Gasteiger partial charge in [0.05, 0.1) is 26.4 Å². The highest BCUT2D eigenvalue weighted by atomic mass is 35.6. The van der Waals surface area contributed by atoms with Crippen molar-refractivity contribution in [2.24, 2.45) is 0 Å². The van der Waals surface area contributed by atoms with Gasteiger partial charge < -0.3 is 28.4 Å². The summed E-state index contributed by atoms with van der Waals surface area (Å²) in [7, 11) is 0. The summed E-state index contributed by atoms with van der Waals surface area (Å²) in [4.78, 5) is 24.2. The number of hydrogen-bond donors (Lipinski definition) is 1. The number of imide groups is 1. The number of rotatable bonds is 14. The highest BCUT2D eigenvalue weighted by Crippen LogP contribution is 2.31. The first-order chi connectivity index (χ1) is 19.7. The summed E-state index contributed by atoms with van der Waals surface area (Å²) < 4.78 is 33.8. The van der Waals surface area contributed by atoms with Crippen molar-refractivity contribution in [3.8, 4) is 0 Å². The normalized spacial score (nSPS) is 22.5. The fourth-order valence-corrected chi connectivity index (χ4v) is 4.09. The molecule has 1 aliphatic heterocycles. The third kappa shape index (κ3) is 10.7. The summed E-state index contributed by atoms with van der Waals surface area (Å²) in [6, 6.07) is 19.1. The molecule has 1 heterocycles. The molecule has 0 unspecified atom stereocenters. The van der Waals surface area contributed by atoms with Crippen LogP contribution in [0.4, 0.5) is 4.79 Å². The summed E-state index contributed by atoms with van der Waals surface area (Å²) in [5.41, 5.74) is 1.82. The van der Waals surface area contributed by atoms with Gasteiger partial charge in [-0.05, 0) is 11.1 Å². The van der Waals surface area contributed by atoms with Gasteiger partial charge in [-0.15, -0.1) is 13.2 Å². The molecule has 12 heteroatoms. The number of carbonyl (C=O) groups excluding carboxylic acids is 2. The average Bonchev–Trinajstić information content (AvgIpc) is 2.96. The molecule has 1 fully saturated rings. The maximum Gasteiger partial charge on any atom is 0.414 e. The standard InChI is InChI=1S/C29H32Cl3NO8/c1-3-15-36-25-24(39-18-21-13-9-6-10-14-21)23(38-17-20-11-7-5-8-12-20)22(41-26(25)37-16-4-2)19-40-28(35)33-27(34)29(30,31)32/h3-14,22-26H,1-2,15-19H2,(H,33,34,35)/t22-,23-,24+,25+,26+/m1/s1. The first kappa shape index (κ1) is 33.0. The molecule has 9 nitrogen and oxygen atoms in total. The first-order valence-corrected chi connectivity index (χ1v) is 13.8. The predicted octanol–water partition coefficient (Wildman–Crippen LogP) is 5.28. The van der Waals surface area contributed by atoms with E-state index in [2.05, 4.69) is 13.2 Å². The lowest BCUT2D eigenvalue weighted by Gasteiger charge is -2.45. The second-order valence-corrected chi connectivity index (χ2v) is 11.1. The Labute approximate surface area is 254 Å². The molecular formula is C29H32Cl3NO8. The molecule has 2 aromatic carbocycles. The molecule has 0 spiro atoms. The second-order valence-electron chi connectivity index (χ2n) is 8.82. The van der Waals surface area contributed by atoms with Crippen molar-refractivity contribution in [2.45, 2.75) is 47.7 Å². The molecule has 222 valence electrons. The Morgan fingerprint density at radius 3 is 1.88 bits per heavy atom. The van der Waals surface area contributed by atoms with Gasteiger partial charge in [0.15, 0.2) is 6.29 Å². The minimum atomic E-state index is -2.35. The number of halogens is 3. The molecule has 0 radical (unpaired) electrons. The van der Waals surface area contributed by atoms with E-state index in [1.165, 1.54) is 0 Å². The highest BCUT2D eigenvalue weighted by molar-refractivity contribution is 6.76. The van der Waals surface area contributed by atoms with Gasteiger partial charge in [-0.3, -0.25) is 10.1 Å². The topological polar surface area (TPSA) is 102 Å². The van der Waals surface area contributed by atoms with Crippen molar-refractivity contribution >= 4 is 46.8 Å². The van der Waals surface area contributed by atoms with Crippen LogP contribution in [0.1, 0.15) is 11.1 Å². The Bertz CT molecular complexity index is 1120. The Kier molecular flexibility index (Phi) is 13.6. The van der Waals surface area contributed by atoms with E-state index < -0.39 is 46.5 Å². The van der Waals surface area contributed by atoms with Crippen LogP contribution in [0.15, 0.2) is 86.0 Å². The summed E-state index contributed by atoms with van der Waals surface area (Å²) in [6.45, 7) is 7.82. The van der Waals surface area contributed by atoms with Crippen LogP contribution < -0.4 is 5.32 Å². The van der Waals surface area contributed by atoms with Crippen molar-refractivity contribution < 1.29 is 38.0 Å². The van der Waals surface area contributed by atoms with E-state index in [0.29, 0.717) is 0 Å². The molecule has 1 N–H and O–H groups in total. The number of carbonyl (C=O) groups is 2. The Hall–Kier alpha value is -2.47. The van der Waals surface area contributed by atoms with E-state index in [0.717, 1.165) is 11.1 Å². The lowest BCUT2D eigenvalue weighted by molar-refractivity contribution is -0.321. The van der Waals surface area contributed by atoms with Gasteiger partial charge in [0, 0.05) is 0 Å². The van der Waals surface area contributed by atoms with Gasteiger partial charge in [-0.25, -0.2) is 4.79 Å². The summed E-state index contributed by atoms with van der Waals surface area (Å²) in [5, 5.41) is 1.87. The van der Waals surface area contributed by atoms with Crippen LogP contribution >= 0.6 is 34.8 Å². The van der Waals surface area contributed by atoms with Crippen LogP contribution in [0.5, 0.6) is 0 Å². The Balaban J connectivity index is 1.88. The number of hydrogen-bond acceptors (Lipinski definition) is 8. The van der Waals surface area contributed by atoms with Crippen molar-refractivity contribution in [1.29, 1.82) is 0 Å². The molecule has 0 saturated carbocycles. The maximum absolute atomic E-state index is 12.3. The molecule has 0 aromatic heterocycles. The number of amides is 2. The van der Waals surface area contributed by atoms with Crippen LogP contribution in [-0.4, -0.2) is 66.3 Å². The number of ether oxygens (including phenoxy) is 6. The average molecular weight is 629 g/mol. The molecule has 1 aliphatic rings. The molecule has 5 atom stereocenters.